The first kappa shape index (κ1) is 14.6. The van der Waals surface area contributed by atoms with Crippen LogP contribution in [0.15, 0.2) is 24.3 Å². The molecule has 1 fully saturated rings. The molecule has 2 rings (SSSR count). The predicted octanol–water partition coefficient (Wildman–Crippen LogP) is 2.42. The maximum Gasteiger partial charge on any atom is 0.308 e. The second kappa shape index (κ2) is 5.27. The Morgan fingerprint density at radius 2 is 1.90 bits per heavy atom. The van der Waals surface area contributed by atoms with Gasteiger partial charge in [-0.15, -0.1) is 0 Å². The molecular weight excluding hydrogens is 254 g/mol. The average Bonchev–Trinajstić information content (AvgIpc) is 2.71. The minimum atomic E-state index is -0.885. The number of likely N-dealkylation sites (tertiary alicyclic amines) is 1. The molecule has 0 radical (unpaired) electrons. The molecule has 4 nitrogen and oxygen atoms in total. The second-order valence-corrected chi connectivity index (χ2v) is 6.46. The van der Waals surface area contributed by atoms with E-state index in [2.05, 4.69) is 32.9 Å². The van der Waals surface area contributed by atoms with E-state index < -0.39 is 11.9 Å². The third kappa shape index (κ3) is 3.18. The summed E-state index contributed by atoms with van der Waals surface area (Å²) >= 11 is 0. The molecule has 4 heteroatoms. The molecule has 20 heavy (non-hydrogen) atoms. The number of carbonyl (C=O) groups excluding carboxylic acids is 1. The molecule has 1 aromatic carbocycles. The van der Waals surface area contributed by atoms with Crippen molar-refractivity contribution >= 4 is 11.9 Å². The number of carboxylic acids is 1. The minimum absolute atomic E-state index is 0.0719. The van der Waals surface area contributed by atoms with Crippen molar-refractivity contribution in [3.63, 3.8) is 0 Å². The average molecular weight is 275 g/mol. The smallest absolute Gasteiger partial charge is 0.308 e. The summed E-state index contributed by atoms with van der Waals surface area (Å²) in [5.74, 6) is -1.52. The molecule has 0 aromatic heterocycles. The minimum Gasteiger partial charge on any atom is -0.481 e. The summed E-state index contributed by atoms with van der Waals surface area (Å²) in [6.07, 6.45) is 0.120. The Balaban J connectivity index is 2.04. The van der Waals surface area contributed by atoms with E-state index in [0.717, 1.165) is 5.56 Å². The van der Waals surface area contributed by atoms with E-state index in [1.54, 1.807) is 4.90 Å². The van der Waals surface area contributed by atoms with Gasteiger partial charge in [-0.05, 0) is 16.5 Å². The van der Waals surface area contributed by atoms with E-state index in [1.165, 1.54) is 5.56 Å². The number of amides is 1. The van der Waals surface area contributed by atoms with Crippen LogP contribution in [0, 0.1) is 5.92 Å². The summed E-state index contributed by atoms with van der Waals surface area (Å²) < 4.78 is 0. The van der Waals surface area contributed by atoms with Crippen molar-refractivity contribution in [2.75, 3.05) is 6.54 Å². The monoisotopic (exact) mass is 275 g/mol. The van der Waals surface area contributed by atoms with Gasteiger partial charge in [-0.25, -0.2) is 0 Å². The van der Waals surface area contributed by atoms with Crippen LogP contribution in [-0.2, 0) is 21.5 Å². The van der Waals surface area contributed by atoms with Crippen molar-refractivity contribution < 1.29 is 14.7 Å². The Labute approximate surface area is 119 Å². The van der Waals surface area contributed by atoms with Gasteiger partial charge in [-0.3, -0.25) is 9.59 Å². The van der Waals surface area contributed by atoms with Crippen molar-refractivity contribution in [3.05, 3.63) is 35.4 Å². The molecule has 1 aliphatic heterocycles. The molecule has 1 aliphatic rings. The van der Waals surface area contributed by atoms with Gasteiger partial charge in [0.1, 0.15) is 0 Å². The summed E-state index contributed by atoms with van der Waals surface area (Å²) in [5, 5.41) is 8.96. The lowest BCUT2D eigenvalue weighted by Gasteiger charge is -2.20. The molecular formula is C16H21NO3. The lowest BCUT2D eigenvalue weighted by Crippen LogP contribution is -2.25. The van der Waals surface area contributed by atoms with Crippen molar-refractivity contribution in [3.8, 4) is 0 Å². The molecule has 0 bridgehead atoms. The Bertz CT molecular complexity index is 514. The molecule has 0 unspecified atom stereocenters. The fourth-order valence-electron chi connectivity index (χ4n) is 2.42. The predicted molar refractivity (Wildman–Crippen MR) is 76.3 cm³/mol. The zero-order valence-electron chi connectivity index (χ0n) is 12.2. The molecule has 0 saturated carbocycles. The number of nitrogens with zero attached hydrogens (tertiary/aromatic N) is 1. The van der Waals surface area contributed by atoms with E-state index in [1.807, 2.05) is 12.1 Å². The quantitative estimate of drug-likeness (QED) is 0.921. The van der Waals surface area contributed by atoms with Crippen LogP contribution in [-0.4, -0.2) is 28.4 Å². The highest BCUT2D eigenvalue weighted by atomic mass is 16.4. The Hall–Kier alpha value is -1.84. The summed E-state index contributed by atoms with van der Waals surface area (Å²) in [4.78, 5) is 24.3. The van der Waals surface area contributed by atoms with Crippen molar-refractivity contribution in [2.24, 2.45) is 5.92 Å². The van der Waals surface area contributed by atoms with Gasteiger partial charge in [0.05, 0.1) is 5.92 Å². The number of benzene rings is 1. The second-order valence-electron chi connectivity index (χ2n) is 6.46. The maximum atomic E-state index is 11.8. The van der Waals surface area contributed by atoms with E-state index in [4.69, 9.17) is 5.11 Å². The van der Waals surface area contributed by atoms with Crippen molar-refractivity contribution in [1.29, 1.82) is 0 Å². The summed E-state index contributed by atoms with van der Waals surface area (Å²) in [7, 11) is 0. The highest BCUT2D eigenvalue weighted by Crippen LogP contribution is 2.24. The molecule has 1 heterocycles. The van der Waals surface area contributed by atoms with Crippen LogP contribution in [0.1, 0.15) is 38.3 Å². The molecule has 1 amide bonds. The molecule has 108 valence electrons. The first-order valence-corrected chi connectivity index (χ1v) is 6.87. The van der Waals surface area contributed by atoms with Crippen LogP contribution < -0.4 is 0 Å². The molecule has 1 N–H and O–H groups in total. The fourth-order valence-corrected chi connectivity index (χ4v) is 2.42. The largest absolute Gasteiger partial charge is 0.481 e. The molecule has 1 aromatic rings. The third-order valence-corrected chi connectivity index (χ3v) is 3.76. The topological polar surface area (TPSA) is 57.6 Å². The van der Waals surface area contributed by atoms with Gasteiger partial charge in [-0.2, -0.15) is 0 Å². The fraction of sp³-hybridized carbons (Fsp3) is 0.500. The summed E-state index contributed by atoms with van der Waals surface area (Å²) in [5.41, 5.74) is 2.39. The van der Waals surface area contributed by atoms with E-state index >= 15 is 0 Å². The number of rotatable bonds is 3. The molecule has 0 spiro atoms. The van der Waals surface area contributed by atoms with Crippen LogP contribution in [0.25, 0.3) is 0 Å². The highest BCUT2D eigenvalue weighted by Gasteiger charge is 2.34. The summed E-state index contributed by atoms with van der Waals surface area (Å²) in [6.45, 7) is 7.28. The number of hydrogen-bond acceptors (Lipinski definition) is 2. The number of aliphatic carboxylic acids is 1. The normalized spacial score (nSPS) is 19.4. The van der Waals surface area contributed by atoms with Crippen LogP contribution in [0.2, 0.25) is 0 Å². The number of hydrogen-bond donors (Lipinski definition) is 1. The van der Waals surface area contributed by atoms with Crippen LogP contribution in [0.3, 0.4) is 0 Å². The van der Waals surface area contributed by atoms with Gasteiger partial charge in [0.2, 0.25) is 5.91 Å². The van der Waals surface area contributed by atoms with Gasteiger partial charge in [0.25, 0.3) is 0 Å². The standard InChI is InChI=1S/C16H21NO3/c1-16(2,3)13-6-4-11(5-7-13)9-17-10-12(15(19)20)8-14(17)18/h4-7,12H,8-10H2,1-3H3,(H,19,20)/t12-/m0/s1. The third-order valence-electron chi connectivity index (χ3n) is 3.76. The maximum absolute atomic E-state index is 11.8. The Morgan fingerprint density at radius 3 is 2.35 bits per heavy atom. The first-order valence-electron chi connectivity index (χ1n) is 6.87. The van der Waals surface area contributed by atoms with Crippen molar-refractivity contribution in [1.82, 2.24) is 4.90 Å². The zero-order chi connectivity index (χ0) is 14.9. The molecule has 0 aliphatic carbocycles. The molecule has 1 saturated heterocycles. The van der Waals surface area contributed by atoms with Gasteiger partial charge in [0.15, 0.2) is 0 Å². The van der Waals surface area contributed by atoms with Gasteiger partial charge < -0.3 is 10.0 Å². The summed E-state index contributed by atoms with van der Waals surface area (Å²) in [6, 6.07) is 8.18. The SMILES string of the molecule is CC(C)(C)c1ccc(CN2C[C@@H](C(=O)O)CC2=O)cc1. The molecule has 1 atom stereocenters. The van der Waals surface area contributed by atoms with E-state index in [-0.39, 0.29) is 17.7 Å². The van der Waals surface area contributed by atoms with E-state index in [0.29, 0.717) is 13.1 Å². The Morgan fingerprint density at radius 1 is 1.30 bits per heavy atom. The lowest BCUT2D eigenvalue weighted by atomic mass is 9.87. The van der Waals surface area contributed by atoms with Crippen LogP contribution in [0.5, 0.6) is 0 Å². The highest BCUT2D eigenvalue weighted by molar-refractivity contribution is 5.86. The van der Waals surface area contributed by atoms with Gasteiger partial charge >= 0.3 is 5.97 Å². The first-order chi connectivity index (χ1) is 9.27. The van der Waals surface area contributed by atoms with Crippen LogP contribution in [0.4, 0.5) is 0 Å². The Kier molecular flexibility index (Phi) is 3.84. The van der Waals surface area contributed by atoms with Gasteiger partial charge in [-0.1, -0.05) is 45.0 Å². The lowest BCUT2D eigenvalue weighted by molar-refractivity contribution is -0.141. The van der Waals surface area contributed by atoms with Crippen molar-refractivity contribution in [2.45, 2.75) is 39.2 Å². The zero-order valence-corrected chi connectivity index (χ0v) is 12.2. The van der Waals surface area contributed by atoms with Gasteiger partial charge in [0, 0.05) is 19.5 Å². The number of carboxylic acid groups (broad SMARTS) is 1. The van der Waals surface area contributed by atoms with Crippen LogP contribution >= 0.6 is 0 Å². The van der Waals surface area contributed by atoms with E-state index in [9.17, 15) is 9.59 Å². The number of carbonyl (C=O) groups is 2.